The number of nitrogens with zero attached hydrogens (tertiary/aromatic N) is 4. The van der Waals surface area contributed by atoms with Crippen molar-refractivity contribution >= 4 is 17.0 Å². The van der Waals surface area contributed by atoms with Crippen molar-refractivity contribution in [3.8, 4) is 0 Å². The molecule has 1 aliphatic rings. The van der Waals surface area contributed by atoms with Crippen molar-refractivity contribution in [1.82, 2.24) is 19.6 Å². The van der Waals surface area contributed by atoms with Gasteiger partial charge >= 0.3 is 5.76 Å². The highest BCUT2D eigenvalue weighted by Crippen LogP contribution is 2.30. The fraction of sp³-hybridized carbons (Fsp3) is 0.412. The van der Waals surface area contributed by atoms with Crippen molar-refractivity contribution in [3.63, 3.8) is 0 Å². The molecule has 0 unspecified atom stereocenters. The minimum Gasteiger partial charge on any atom is -0.408 e. The van der Waals surface area contributed by atoms with E-state index in [2.05, 4.69) is 10.1 Å². The maximum absolute atomic E-state index is 12.8. The number of fused-ring (bicyclic) bond motifs is 1. The molecular formula is C17H18N4O4. The van der Waals surface area contributed by atoms with Gasteiger partial charge in [-0.2, -0.15) is 4.98 Å². The summed E-state index contributed by atoms with van der Waals surface area (Å²) in [5.74, 6) is 0.413. The Morgan fingerprint density at radius 2 is 2.20 bits per heavy atom. The Kier molecular flexibility index (Phi) is 3.87. The predicted octanol–water partition coefficient (Wildman–Crippen LogP) is 1.90. The van der Waals surface area contributed by atoms with Crippen molar-refractivity contribution in [2.75, 3.05) is 6.54 Å². The molecule has 1 fully saturated rings. The molecule has 25 heavy (non-hydrogen) atoms. The molecule has 130 valence electrons. The minimum atomic E-state index is -0.530. The number of carbonyl (C=O) groups excluding carboxylic acids is 1. The Morgan fingerprint density at radius 1 is 1.36 bits per heavy atom. The average Bonchev–Trinajstić information content (AvgIpc) is 3.33. The van der Waals surface area contributed by atoms with E-state index in [9.17, 15) is 9.59 Å². The van der Waals surface area contributed by atoms with Crippen molar-refractivity contribution in [2.24, 2.45) is 0 Å². The zero-order valence-electron chi connectivity index (χ0n) is 13.8. The summed E-state index contributed by atoms with van der Waals surface area (Å²) < 4.78 is 11.7. The maximum atomic E-state index is 12.8. The van der Waals surface area contributed by atoms with E-state index in [0.717, 1.165) is 12.8 Å². The third-order valence-electron chi connectivity index (χ3n) is 4.52. The molecule has 1 amide bonds. The average molecular weight is 342 g/mol. The van der Waals surface area contributed by atoms with Crippen molar-refractivity contribution in [2.45, 2.75) is 38.8 Å². The van der Waals surface area contributed by atoms with Gasteiger partial charge in [-0.05, 0) is 25.0 Å². The number of rotatable bonds is 4. The molecule has 0 bridgehead atoms. The van der Waals surface area contributed by atoms with Crippen LogP contribution in [-0.4, -0.2) is 32.1 Å². The maximum Gasteiger partial charge on any atom is 0.420 e. The topological polar surface area (TPSA) is 94.4 Å². The van der Waals surface area contributed by atoms with E-state index < -0.39 is 5.76 Å². The first-order valence-electron chi connectivity index (χ1n) is 8.37. The molecule has 0 aliphatic carbocycles. The second-order valence-electron chi connectivity index (χ2n) is 6.07. The quantitative estimate of drug-likeness (QED) is 0.719. The van der Waals surface area contributed by atoms with Crippen molar-refractivity contribution in [1.29, 1.82) is 0 Å². The van der Waals surface area contributed by atoms with Gasteiger partial charge in [-0.25, -0.2) is 4.79 Å². The number of aromatic nitrogens is 3. The highest BCUT2D eigenvalue weighted by molar-refractivity contribution is 5.80. The Morgan fingerprint density at radius 3 is 3.00 bits per heavy atom. The standard InChI is InChI=1S/C17H18N4O4/c1-2-14-18-16(19-25-14)12-7-5-9-20(12)15(22)10-21-11-6-3-4-8-13(11)24-17(21)23/h3-4,6,8,12H,2,5,7,9-10H2,1H3/t12-/m1/s1. The third-order valence-corrected chi connectivity index (χ3v) is 4.52. The lowest BCUT2D eigenvalue weighted by Crippen LogP contribution is -2.35. The molecular weight excluding hydrogens is 324 g/mol. The van der Waals surface area contributed by atoms with Gasteiger partial charge in [0.25, 0.3) is 0 Å². The lowest BCUT2D eigenvalue weighted by atomic mass is 10.2. The molecule has 8 heteroatoms. The van der Waals surface area contributed by atoms with Gasteiger partial charge in [-0.3, -0.25) is 9.36 Å². The lowest BCUT2D eigenvalue weighted by Gasteiger charge is -2.22. The number of hydrogen-bond donors (Lipinski definition) is 0. The number of oxazole rings is 1. The van der Waals surface area contributed by atoms with Crippen LogP contribution in [0.3, 0.4) is 0 Å². The second-order valence-corrected chi connectivity index (χ2v) is 6.07. The summed E-state index contributed by atoms with van der Waals surface area (Å²) in [5, 5.41) is 4.00. The van der Waals surface area contributed by atoms with Gasteiger partial charge in [0, 0.05) is 13.0 Å². The monoisotopic (exact) mass is 342 g/mol. The number of likely N-dealkylation sites (tertiary alicyclic amines) is 1. The normalized spacial score (nSPS) is 17.5. The summed E-state index contributed by atoms with van der Waals surface area (Å²) in [4.78, 5) is 30.9. The highest BCUT2D eigenvalue weighted by Gasteiger charge is 2.33. The molecule has 0 saturated carbocycles. The van der Waals surface area contributed by atoms with E-state index in [1.807, 2.05) is 13.0 Å². The number of amides is 1. The lowest BCUT2D eigenvalue weighted by molar-refractivity contribution is -0.133. The van der Waals surface area contributed by atoms with Crippen LogP contribution in [-0.2, 0) is 17.8 Å². The van der Waals surface area contributed by atoms with Gasteiger partial charge in [-0.1, -0.05) is 24.2 Å². The van der Waals surface area contributed by atoms with Crippen molar-refractivity contribution < 1.29 is 13.7 Å². The first kappa shape index (κ1) is 15.6. The van der Waals surface area contributed by atoms with Gasteiger partial charge in [0.2, 0.25) is 11.8 Å². The molecule has 1 aliphatic heterocycles. The molecule has 3 heterocycles. The Bertz CT molecular complexity index is 970. The van der Waals surface area contributed by atoms with Crippen molar-refractivity contribution in [3.05, 3.63) is 46.5 Å². The Hall–Kier alpha value is -2.90. The largest absolute Gasteiger partial charge is 0.420 e. The Labute approximate surface area is 143 Å². The van der Waals surface area contributed by atoms with E-state index in [-0.39, 0.29) is 18.5 Å². The highest BCUT2D eigenvalue weighted by atomic mass is 16.5. The molecule has 0 radical (unpaired) electrons. The number of para-hydroxylation sites is 2. The van der Waals surface area contributed by atoms with Gasteiger partial charge in [0.05, 0.1) is 11.6 Å². The zero-order valence-corrected chi connectivity index (χ0v) is 13.8. The first-order chi connectivity index (χ1) is 12.2. The summed E-state index contributed by atoms with van der Waals surface area (Å²) in [6.07, 6.45) is 2.31. The van der Waals surface area contributed by atoms with Crippen LogP contribution in [0.1, 0.15) is 37.5 Å². The van der Waals surface area contributed by atoms with Crippen LogP contribution in [0.2, 0.25) is 0 Å². The van der Waals surface area contributed by atoms with E-state index in [4.69, 9.17) is 8.94 Å². The van der Waals surface area contributed by atoms with Gasteiger partial charge in [0.1, 0.15) is 6.54 Å². The summed E-state index contributed by atoms with van der Waals surface area (Å²) in [6, 6.07) is 6.87. The second kappa shape index (κ2) is 6.19. The summed E-state index contributed by atoms with van der Waals surface area (Å²) >= 11 is 0. The van der Waals surface area contributed by atoms with Crippen LogP contribution >= 0.6 is 0 Å². The molecule has 2 aromatic heterocycles. The third kappa shape index (κ3) is 2.73. The van der Waals surface area contributed by atoms with E-state index >= 15 is 0 Å². The molecule has 8 nitrogen and oxygen atoms in total. The van der Waals surface area contributed by atoms with E-state index in [1.54, 1.807) is 23.1 Å². The SMILES string of the molecule is CCc1nc([C@H]2CCCN2C(=O)Cn2c(=O)oc3ccccc32)no1. The van der Waals surface area contributed by atoms with Gasteiger partial charge < -0.3 is 13.8 Å². The summed E-state index contributed by atoms with van der Waals surface area (Å²) in [6.45, 7) is 2.49. The summed E-state index contributed by atoms with van der Waals surface area (Å²) in [5.41, 5.74) is 1.09. The number of benzene rings is 1. The smallest absolute Gasteiger partial charge is 0.408 e. The molecule has 4 rings (SSSR count). The fourth-order valence-electron chi connectivity index (χ4n) is 3.27. The van der Waals surface area contributed by atoms with Crippen LogP contribution in [0, 0.1) is 0 Å². The molecule has 3 aromatic rings. The molecule has 0 N–H and O–H groups in total. The molecule has 1 atom stereocenters. The van der Waals surface area contributed by atoms with Crippen LogP contribution in [0.4, 0.5) is 0 Å². The van der Waals surface area contributed by atoms with Gasteiger partial charge in [-0.15, -0.1) is 0 Å². The molecule has 0 spiro atoms. The number of carbonyl (C=O) groups is 1. The molecule has 1 saturated heterocycles. The minimum absolute atomic E-state index is 0.0646. The first-order valence-corrected chi connectivity index (χ1v) is 8.37. The number of aryl methyl sites for hydroxylation is 1. The van der Waals surface area contributed by atoms with Crippen LogP contribution in [0.25, 0.3) is 11.1 Å². The number of hydrogen-bond acceptors (Lipinski definition) is 6. The van der Waals surface area contributed by atoms with Gasteiger partial charge in [0.15, 0.2) is 11.4 Å². The Balaban J connectivity index is 1.59. The fourth-order valence-corrected chi connectivity index (χ4v) is 3.27. The predicted molar refractivity (Wildman–Crippen MR) is 87.8 cm³/mol. The van der Waals surface area contributed by atoms with E-state index in [1.165, 1.54) is 4.57 Å². The molecule has 1 aromatic carbocycles. The van der Waals surface area contributed by atoms with Crippen LogP contribution in [0.5, 0.6) is 0 Å². The summed E-state index contributed by atoms with van der Waals surface area (Å²) in [7, 11) is 0. The van der Waals surface area contributed by atoms with Crippen LogP contribution < -0.4 is 5.76 Å². The zero-order chi connectivity index (χ0) is 17.4. The van der Waals surface area contributed by atoms with E-state index in [0.29, 0.717) is 35.8 Å². The van der Waals surface area contributed by atoms with Crippen LogP contribution in [0.15, 0.2) is 38.0 Å².